The summed E-state index contributed by atoms with van der Waals surface area (Å²) < 4.78 is 10.7. The number of rotatable bonds is 5. The first-order valence-electron chi connectivity index (χ1n) is 8.14. The number of nitrogens with zero attached hydrogens (tertiary/aromatic N) is 1. The predicted molar refractivity (Wildman–Crippen MR) is 101 cm³/mol. The van der Waals surface area contributed by atoms with Gasteiger partial charge in [-0.25, -0.2) is 4.79 Å². The van der Waals surface area contributed by atoms with Crippen LogP contribution in [-0.2, 0) is 9.53 Å². The third-order valence-corrected chi connectivity index (χ3v) is 4.20. The summed E-state index contributed by atoms with van der Waals surface area (Å²) in [5, 5.41) is 12.9. The van der Waals surface area contributed by atoms with E-state index in [9.17, 15) is 9.59 Å². The van der Waals surface area contributed by atoms with Gasteiger partial charge >= 0.3 is 5.97 Å². The summed E-state index contributed by atoms with van der Waals surface area (Å²) in [5.74, 6) is -0.925. The van der Waals surface area contributed by atoms with Crippen LogP contribution in [0.15, 0.2) is 46.9 Å². The van der Waals surface area contributed by atoms with Gasteiger partial charge in [-0.1, -0.05) is 23.7 Å². The summed E-state index contributed by atoms with van der Waals surface area (Å²) >= 11 is 5.96. The minimum absolute atomic E-state index is 0.0450. The Balaban J connectivity index is 1.59. The molecule has 0 saturated carbocycles. The number of amides is 1. The van der Waals surface area contributed by atoms with E-state index >= 15 is 0 Å². The van der Waals surface area contributed by atoms with Crippen molar-refractivity contribution < 1.29 is 18.7 Å². The van der Waals surface area contributed by atoms with Crippen molar-refractivity contribution in [3.63, 3.8) is 0 Å². The molecule has 0 saturated heterocycles. The molecule has 6 nitrogen and oxygen atoms in total. The largest absolute Gasteiger partial charge is 0.459 e. The van der Waals surface area contributed by atoms with Crippen LogP contribution in [0.2, 0.25) is 5.02 Å². The van der Waals surface area contributed by atoms with Crippen LogP contribution in [0.5, 0.6) is 0 Å². The SMILES string of the molecule is Cc1c(C(=O)OCCC(=O)Nc2ccccc2C#N)oc2ccc(Cl)cc12. The Morgan fingerprint density at radius 1 is 1.26 bits per heavy atom. The zero-order valence-electron chi connectivity index (χ0n) is 14.4. The van der Waals surface area contributed by atoms with Crippen LogP contribution in [0, 0.1) is 18.3 Å². The Hall–Kier alpha value is -3.30. The van der Waals surface area contributed by atoms with Crippen molar-refractivity contribution >= 4 is 40.1 Å². The lowest BCUT2D eigenvalue weighted by Gasteiger charge is -2.07. The van der Waals surface area contributed by atoms with Gasteiger partial charge in [0.15, 0.2) is 0 Å². The summed E-state index contributed by atoms with van der Waals surface area (Å²) in [5.41, 5.74) is 1.94. The van der Waals surface area contributed by atoms with Crippen LogP contribution in [0.25, 0.3) is 11.0 Å². The van der Waals surface area contributed by atoms with Gasteiger partial charge in [0.1, 0.15) is 18.3 Å². The number of hydrogen-bond donors (Lipinski definition) is 1. The monoisotopic (exact) mass is 382 g/mol. The molecular weight excluding hydrogens is 368 g/mol. The lowest BCUT2D eigenvalue weighted by Crippen LogP contribution is -2.16. The summed E-state index contributed by atoms with van der Waals surface area (Å²) in [6, 6.07) is 13.7. The highest BCUT2D eigenvalue weighted by molar-refractivity contribution is 6.31. The van der Waals surface area contributed by atoms with Crippen molar-refractivity contribution in [1.29, 1.82) is 5.26 Å². The van der Waals surface area contributed by atoms with E-state index in [0.29, 0.717) is 27.4 Å². The van der Waals surface area contributed by atoms with Crippen LogP contribution in [0.1, 0.15) is 28.1 Å². The van der Waals surface area contributed by atoms with Crippen molar-refractivity contribution in [3.05, 3.63) is 64.4 Å². The minimum Gasteiger partial charge on any atom is -0.459 e. The maximum Gasteiger partial charge on any atom is 0.374 e. The van der Waals surface area contributed by atoms with Gasteiger partial charge in [0, 0.05) is 16.0 Å². The molecule has 136 valence electrons. The number of nitrogens with one attached hydrogen (secondary N) is 1. The third-order valence-electron chi connectivity index (χ3n) is 3.97. The second-order valence-corrected chi connectivity index (χ2v) is 6.22. The van der Waals surface area contributed by atoms with E-state index < -0.39 is 5.97 Å². The number of halogens is 1. The molecule has 0 unspecified atom stereocenters. The molecule has 0 aliphatic rings. The summed E-state index contributed by atoms with van der Waals surface area (Å²) in [6.45, 7) is 1.63. The number of carbonyl (C=O) groups excluding carboxylic acids is 2. The molecule has 7 heteroatoms. The maximum absolute atomic E-state index is 12.2. The predicted octanol–water partition coefficient (Wildman–Crippen LogP) is 4.45. The minimum atomic E-state index is -0.648. The average Bonchev–Trinajstić information content (AvgIpc) is 2.98. The smallest absolute Gasteiger partial charge is 0.374 e. The fraction of sp³-hybridized carbons (Fsp3) is 0.150. The highest BCUT2D eigenvalue weighted by Crippen LogP contribution is 2.28. The van der Waals surface area contributed by atoms with E-state index in [0.717, 1.165) is 5.39 Å². The molecule has 1 heterocycles. The van der Waals surface area contributed by atoms with Crippen molar-refractivity contribution in [3.8, 4) is 6.07 Å². The van der Waals surface area contributed by atoms with Crippen molar-refractivity contribution in [2.75, 3.05) is 11.9 Å². The number of furan rings is 1. The van der Waals surface area contributed by atoms with E-state index in [-0.39, 0.29) is 24.7 Å². The van der Waals surface area contributed by atoms with E-state index in [1.165, 1.54) is 0 Å². The van der Waals surface area contributed by atoms with Gasteiger partial charge in [-0.15, -0.1) is 0 Å². The van der Waals surface area contributed by atoms with E-state index in [1.54, 1.807) is 49.4 Å². The normalized spacial score (nSPS) is 10.4. The molecule has 0 radical (unpaired) electrons. The number of nitriles is 1. The molecule has 1 N–H and O–H groups in total. The Morgan fingerprint density at radius 2 is 2.04 bits per heavy atom. The average molecular weight is 383 g/mol. The van der Waals surface area contributed by atoms with E-state index in [1.807, 2.05) is 6.07 Å². The zero-order chi connectivity index (χ0) is 19.4. The second-order valence-electron chi connectivity index (χ2n) is 5.79. The Kier molecular flexibility index (Phi) is 5.43. The Bertz CT molecular complexity index is 1070. The molecule has 0 spiro atoms. The van der Waals surface area contributed by atoms with E-state index in [2.05, 4.69) is 5.32 Å². The summed E-state index contributed by atoms with van der Waals surface area (Å²) in [4.78, 5) is 24.2. The quantitative estimate of drug-likeness (QED) is 0.658. The molecule has 27 heavy (non-hydrogen) atoms. The molecule has 1 aromatic heterocycles. The highest BCUT2D eigenvalue weighted by Gasteiger charge is 2.19. The first-order chi connectivity index (χ1) is 13.0. The van der Waals surface area contributed by atoms with Crippen LogP contribution >= 0.6 is 11.6 Å². The van der Waals surface area contributed by atoms with Gasteiger partial charge in [0.05, 0.1) is 17.7 Å². The lowest BCUT2D eigenvalue weighted by atomic mass is 10.1. The summed E-state index contributed by atoms with van der Waals surface area (Å²) in [6.07, 6.45) is -0.0450. The molecule has 2 aromatic carbocycles. The van der Waals surface area contributed by atoms with Gasteiger partial charge in [-0.05, 0) is 37.3 Å². The molecule has 1 amide bonds. The number of ether oxygens (including phenoxy) is 1. The van der Waals surface area contributed by atoms with Gasteiger partial charge in [0.25, 0.3) is 0 Å². The topological polar surface area (TPSA) is 92.3 Å². The first kappa shape index (κ1) is 18.5. The maximum atomic E-state index is 12.2. The van der Waals surface area contributed by atoms with Gasteiger partial charge in [0.2, 0.25) is 11.7 Å². The number of esters is 1. The van der Waals surface area contributed by atoms with Gasteiger partial charge in [-0.3, -0.25) is 4.79 Å². The molecule has 0 atom stereocenters. The van der Waals surface area contributed by atoms with Crippen LogP contribution in [0.4, 0.5) is 5.69 Å². The zero-order valence-corrected chi connectivity index (χ0v) is 15.2. The van der Waals surface area contributed by atoms with Crippen molar-refractivity contribution in [1.82, 2.24) is 0 Å². The number of para-hydroxylation sites is 1. The number of anilines is 1. The number of fused-ring (bicyclic) bond motifs is 1. The van der Waals surface area contributed by atoms with E-state index in [4.69, 9.17) is 26.0 Å². The van der Waals surface area contributed by atoms with Crippen LogP contribution in [-0.4, -0.2) is 18.5 Å². The summed E-state index contributed by atoms with van der Waals surface area (Å²) in [7, 11) is 0. The fourth-order valence-electron chi connectivity index (χ4n) is 2.59. The molecule has 0 aliphatic heterocycles. The Labute approximate surface area is 160 Å². The lowest BCUT2D eigenvalue weighted by molar-refractivity contribution is -0.116. The number of carbonyl (C=O) groups is 2. The van der Waals surface area contributed by atoms with Gasteiger partial charge in [-0.2, -0.15) is 5.26 Å². The van der Waals surface area contributed by atoms with Crippen molar-refractivity contribution in [2.45, 2.75) is 13.3 Å². The van der Waals surface area contributed by atoms with Crippen LogP contribution < -0.4 is 5.32 Å². The van der Waals surface area contributed by atoms with Gasteiger partial charge < -0.3 is 14.5 Å². The molecule has 3 aromatic rings. The fourth-order valence-corrected chi connectivity index (χ4v) is 2.76. The van der Waals surface area contributed by atoms with Crippen molar-refractivity contribution in [2.24, 2.45) is 0 Å². The second kappa shape index (κ2) is 7.94. The number of hydrogen-bond acceptors (Lipinski definition) is 5. The molecule has 0 bridgehead atoms. The highest BCUT2D eigenvalue weighted by atomic mass is 35.5. The molecular formula is C20H15ClN2O4. The molecule has 3 rings (SSSR count). The first-order valence-corrected chi connectivity index (χ1v) is 8.52. The third kappa shape index (κ3) is 4.10. The number of benzene rings is 2. The molecule has 0 aliphatic carbocycles. The molecule has 0 fully saturated rings. The number of aryl methyl sites for hydroxylation is 1. The standard InChI is InChI=1S/C20H15ClN2O4/c1-12-15-10-14(21)6-7-17(15)27-19(12)20(25)26-9-8-18(24)23-16-5-3-2-4-13(16)11-22/h2-7,10H,8-9H2,1H3,(H,23,24). The van der Waals surface area contributed by atoms with Crippen LogP contribution in [0.3, 0.4) is 0 Å². The Morgan fingerprint density at radius 3 is 2.81 bits per heavy atom.